The molecular weight excluding hydrogens is 171 g/mol. The van der Waals surface area contributed by atoms with Gasteiger partial charge in [0.2, 0.25) is 0 Å². The van der Waals surface area contributed by atoms with Gasteiger partial charge in [0.25, 0.3) is 0 Å². The molecule has 2 rings (SSSR count). The van der Waals surface area contributed by atoms with E-state index in [-0.39, 0.29) is 5.82 Å². The summed E-state index contributed by atoms with van der Waals surface area (Å²) in [5, 5.41) is 3.78. The van der Waals surface area contributed by atoms with Crippen LogP contribution in [0.1, 0.15) is 5.69 Å². The molecule has 0 aliphatic rings. The van der Waals surface area contributed by atoms with Crippen LogP contribution in [0.15, 0.2) is 24.8 Å². The number of nitrogens with zero attached hydrogens (tertiary/aromatic N) is 4. The van der Waals surface area contributed by atoms with Crippen LogP contribution in [-0.4, -0.2) is 19.7 Å². The van der Waals surface area contributed by atoms with Gasteiger partial charge in [-0.25, -0.2) is 19.0 Å². The quantitative estimate of drug-likeness (QED) is 0.657. The fraction of sp³-hybridized carbons (Fsp3) is 0.125. The molecule has 0 atom stereocenters. The first kappa shape index (κ1) is 7.85. The van der Waals surface area contributed by atoms with Crippen molar-refractivity contribution in [1.29, 1.82) is 0 Å². The van der Waals surface area contributed by atoms with E-state index in [1.54, 1.807) is 6.07 Å². The number of hydrogen-bond donors (Lipinski definition) is 0. The van der Waals surface area contributed by atoms with Crippen molar-refractivity contribution in [3.05, 3.63) is 36.3 Å². The topological polar surface area (TPSA) is 43.6 Å². The Hall–Kier alpha value is -1.78. The second kappa shape index (κ2) is 2.93. The Morgan fingerprint density at radius 1 is 1.38 bits per heavy atom. The second-order valence-corrected chi connectivity index (χ2v) is 2.62. The Kier molecular flexibility index (Phi) is 1.77. The standard InChI is InChI=1S/C8H7FN4/c1-6-2-8(11-5-10-6)13-4-7(9)3-12-13/h2-5H,1H3. The van der Waals surface area contributed by atoms with Crippen LogP contribution in [0, 0.1) is 12.7 Å². The maximum absolute atomic E-state index is 12.6. The van der Waals surface area contributed by atoms with E-state index in [9.17, 15) is 4.39 Å². The minimum atomic E-state index is -0.378. The van der Waals surface area contributed by atoms with Crippen LogP contribution >= 0.6 is 0 Å². The van der Waals surface area contributed by atoms with Crippen molar-refractivity contribution in [2.75, 3.05) is 0 Å². The zero-order valence-corrected chi connectivity index (χ0v) is 6.98. The molecule has 0 N–H and O–H groups in total. The lowest BCUT2D eigenvalue weighted by Crippen LogP contribution is -1.98. The molecule has 2 aromatic rings. The molecule has 66 valence electrons. The SMILES string of the molecule is Cc1cc(-n2cc(F)cn2)ncn1. The maximum Gasteiger partial charge on any atom is 0.161 e. The largest absolute Gasteiger partial charge is 0.242 e. The normalized spacial score (nSPS) is 10.3. The molecule has 2 heterocycles. The highest BCUT2D eigenvalue weighted by Crippen LogP contribution is 2.04. The first-order valence-electron chi connectivity index (χ1n) is 3.75. The van der Waals surface area contributed by atoms with Crippen molar-refractivity contribution >= 4 is 0 Å². The fourth-order valence-electron chi connectivity index (χ4n) is 0.992. The van der Waals surface area contributed by atoms with Crippen molar-refractivity contribution in [3.8, 4) is 5.82 Å². The Morgan fingerprint density at radius 2 is 2.23 bits per heavy atom. The van der Waals surface area contributed by atoms with Gasteiger partial charge in [-0.15, -0.1) is 0 Å². The Morgan fingerprint density at radius 3 is 2.85 bits per heavy atom. The minimum absolute atomic E-state index is 0.378. The molecule has 0 fully saturated rings. The monoisotopic (exact) mass is 178 g/mol. The molecule has 0 aliphatic carbocycles. The van der Waals surface area contributed by atoms with Crippen LogP contribution in [-0.2, 0) is 0 Å². The summed E-state index contributed by atoms with van der Waals surface area (Å²) in [5.41, 5.74) is 0.820. The number of hydrogen-bond acceptors (Lipinski definition) is 3. The number of rotatable bonds is 1. The van der Waals surface area contributed by atoms with Gasteiger partial charge >= 0.3 is 0 Å². The third-order valence-electron chi connectivity index (χ3n) is 1.58. The molecular formula is C8H7FN4. The minimum Gasteiger partial charge on any atom is -0.242 e. The summed E-state index contributed by atoms with van der Waals surface area (Å²) in [6.45, 7) is 1.84. The second-order valence-electron chi connectivity index (χ2n) is 2.62. The van der Waals surface area contributed by atoms with Gasteiger partial charge in [0.05, 0.1) is 12.4 Å². The highest BCUT2D eigenvalue weighted by Gasteiger charge is 2.00. The van der Waals surface area contributed by atoms with E-state index in [2.05, 4.69) is 15.1 Å². The number of aryl methyl sites for hydroxylation is 1. The lowest BCUT2D eigenvalue weighted by molar-refractivity contribution is 0.627. The summed E-state index contributed by atoms with van der Waals surface area (Å²) < 4.78 is 14.0. The smallest absolute Gasteiger partial charge is 0.161 e. The highest BCUT2D eigenvalue weighted by atomic mass is 19.1. The number of aromatic nitrogens is 4. The van der Waals surface area contributed by atoms with Crippen LogP contribution in [0.2, 0.25) is 0 Å². The molecule has 13 heavy (non-hydrogen) atoms. The van der Waals surface area contributed by atoms with Crippen molar-refractivity contribution in [3.63, 3.8) is 0 Å². The average molecular weight is 178 g/mol. The van der Waals surface area contributed by atoms with Crippen molar-refractivity contribution in [2.45, 2.75) is 6.92 Å². The zero-order valence-electron chi connectivity index (χ0n) is 6.98. The maximum atomic E-state index is 12.6. The molecule has 0 bridgehead atoms. The Balaban J connectivity index is 2.46. The summed E-state index contributed by atoms with van der Waals surface area (Å²) in [5.74, 6) is 0.188. The molecule has 0 saturated carbocycles. The summed E-state index contributed by atoms with van der Waals surface area (Å²) in [6, 6.07) is 1.73. The van der Waals surface area contributed by atoms with Gasteiger partial charge in [-0.1, -0.05) is 0 Å². The van der Waals surface area contributed by atoms with Crippen LogP contribution in [0.25, 0.3) is 5.82 Å². The Bertz CT molecular complexity index is 424. The van der Waals surface area contributed by atoms with Crippen LogP contribution in [0.3, 0.4) is 0 Å². The summed E-state index contributed by atoms with van der Waals surface area (Å²) >= 11 is 0. The molecule has 0 amide bonds. The van der Waals surface area contributed by atoms with E-state index in [0.29, 0.717) is 5.82 Å². The average Bonchev–Trinajstić information content (AvgIpc) is 2.52. The molecule has 0 aromatic carbocycles. The molecule has 4 nitrogen and oxygen atoms in total. The van der Waals surface area contributed by atoms with Gasteiger partial charge in [-0.3, -0.25) is 0 Å². The summed E-state index contributed by atoms with van der Waals surface area (Å²) in [7, 11) is 0. The van der Waals surface area contributed by atoms with Gasteiger partial charge in [-0.05, 0) is 6.92 Å². The third-order valence-corrected chi connectivity index (χ3v) is 1.58. The van der Waals surface area contributed by atoms with Crippen LogP contribution in [0.4, 0.5) is 4.39 Å². The van der Waals surface area contributed by atoms with Gasteiger partial charge in [-0.2, -0.15) is 5.10 Å². The van der Waals surface area contributed by atoms with Gasteiger partial charge in [0.15, 0.2) is 11.6 Å². The van der Waals surface area contributed by atoms with Gasteiger partial charge in [0, 0.05) is 11.8 Å². The van der Waals surface area contributed by atoms with E-state index in [1.165, 1.54) is 17.2 Å². The zero-order chi connectivity index (χ0) is 9.26. The van der Waals surface area contributed by atoms with E-state index >= 15 is 0 Å². The molecule has 2 aromatic heterocycles. The molecule has 0 radical (unpaired) electrons. The molecule has 0 unspecified atom stereocenters. The van der Waals surface area contributed by atoms with Gasteiger partial charge < -0.3 is 0 Å². The summed E-state index contributed by atoms with van der Waals surface area (Å²) in [4.78, 5) is 7.87. The third kappa shape index (κ3) is 1.53. The van der Waals surface area contributed by atoms with E-state index in [0.717, 1.165) is 11.9 Å². The van der Waals surface area contributed by atoms with Crippen molar-refractivity contribution in [2.24, 2.45) is 0 Å². The molecule has 0 saturated heterocycles. The summed E-state index contributed by atoms with van der Waals surface area (Å²) in [6.07, 6.45) is 3.82. The first-order valence-corrected chi connectivity index (χ1v) is 3.75. The predicted molar refractivity (Wildman–Crippen MR) is 43.8 cm³/mol. The van der Waals surface area contributed by atoms with Crippen LogP contribution < -0.4 is 0 Å². The Labute approximate surface area is 74.1 Å². The van der Waals surface area contributed by atoms with Crippen molar-refractivity contribution in [1.82, 2.24) is 19.7 Å². The molecule has 0 spiro atoms. The lowest BCUT2D eigenvalue weighted by atomic mass is 10.4. The number of halogens is 1. The molecule has 5 heteroatoms. The van der Waals surface area contributed by atoms with E-state index in [1.807, 2.05) is 6.92 Å². The molecule has 0 aliphatic heterocycles. The first-order chi connectivity index (χ1) is 6.25. The van der Waals surface area contributed by atoms with E-state index in [4.69, 9.17) is 0 Å². The van der Waals surface area contributed by atoms with Crippen molar-refractivity contribution < 1.29 is 4.39 Å². The van der Waals surface area contributed by atoms with Gasteiger partial charge in [0.1, 0.15) is 6.33 Å². The van der Waals surface area contributed by atoms with E-state index < -0.39 is 0 Å². The lowest BCUT2D eigenvalue weighted by Gasteiger charge is -1.98. The highest BCUT2D eigenvalue weighted by molar-refractivity contribution is 5.21. The predicted octanol–water partition coefficient (Wildman–Crippen LogP) is 1.11. The fourth-order valence-corrected chi connectivity index (χ4v) is 0.992. The van der Waals surface area contributed by atoms with Crippen LogP contribution in [0.5, 0.6) is 0 Å².